The maximum absolute atomic E-state index is 13.2. The van der Waals surface area contributed by atoms with Crippen LogP contribution in [0.2, 0.25) is 0 Å². The Labute approximate surface area is 206 Å². The van der Waals surface area contributed by atoms with Gasteiger partial charge in [-0.25, -0.2) is 15.1 Å². The van der Waals surface area contributed by atoms with Crippen molar-refractivity contribution < 1.29 is 36.0 Å². The average Bonchev–Trinajstić information content (AvgIpc) is 2.78. The molecule has 1 amide bonds. The topological polar surface area (TPSA) is 120 Å². The number of aromatic amines is 1. The highest BCUT2D eigenvalue weighted by atomic mass is 19.4. The van der Waals surface area contributed by atoms with Gasteiger partial charge in [-0.3, -0.25) is 14.4 Å². The zero-order chi connectivity index (χ0) is 27.4. The van der Waals surface area contributed by atoms with Crippen molar-refractivity contribution in [3.8, 4) is 0 Å². The van der Waals surface area contributed by atoms with E-state index in [0.29, 0.717) is 18.9 Å². The predicted molar refractivity (Wildman–Crippen MR) is 117 cm³/mol. The van der Waals surface area contributed by atoms with E-state index in [0.717, 1.165) is 6.20 Å². The fourth-order valence-corrected chi connectivity index (χ4v) is 3.59. The van der Waals surface area contributed by atoms with Gasteiger partial charge in [-0.1, -0.05) is 0 Å². The second-order valence-electron chi connectivity index (χ2n) is 8.25. The standard InChI is InChI=1S/C20H24F6N8O3/c1-12(30-14-9-29-31-17(36)16(14)20(24,25)26)10-32(2)37-6-5-33-3-4-34(11-15(33)35)18-27-7-13(8-28-18)19(21,22)23/h7-9,12H,3-6,10-11H2,1-2H3,(H2,30,31,36)/t12-/m0/s1. The van der Waals surface area contributed by atoms with Gasteiger partial charge < -0.3 is 15.1 Å². The highest BCUT2D eigenvalue weighted by Crippen LogP contribution is 2.31. The molecule has 0 spiro atoms. The average molecular weight is 538 g/mol. The number of hydroxylamine groups is 2. The van der Waals surface area contributed by atoms with Crippen LogP contribution in [0.3, 0.4) is 0 Å². The Bertz CT molecular complexity index is 1120. The molecule has 0 unspecified atom stereocenters. The van der Waals surface area contributed by atoms with Crippen molar-refractivity contribution in [1.29, 1.82) is 0 Å². The summed E-state index contributed by atoms with van der Waals surface area (Å²) in [6.45, 7) is 2.48. The highest BCUT2D eigenvalue weighted by molar-refractivity contribution is 5.82. The molecule has 204 valence electrons. The number of alkyl halides is 6. The summed E-state index contributed by atoms with van der Waals surface area (Å²) in [5.41, 5.74) is -4.18. The summed E-state index contributed by atoms with van der Waals surface area (Å²) in [6, 6.07) is -0.566. The minimum absolute atomic E-state index is 0.0164. The normalized spacial score (nSPS) is 15.9. The summed E-state index contributed by atoms with van der Waals surface area (Å²) >= 11 is 0. The van der Waals surface area contributed by atoms with E-state index in [2.05, 4.69) is 20.4 Å². The zero-order valence-electron chi connectivity index (χ0n) is 19.7. The van der Waals surface area contributed by atoms with Crippen LogP contribution in [0.5, 0.6) is 0 Å². The lowest BCUT2D eigenvalue weighted by molar-refractivity contribution is -0.151. The Morgan fingerprint density at radius 1 is 1.11 bits per heavy atom. The van der Waals surface area contributed by atoms with E-state index in [1.54, 1.807) is 19.1 Å². The molecule has 1 aliphatic heterocycles. The first-order chi connectivity index (χ1) is 17.3. The van der Waals surface area contributed by atoms with E-state index in [9.17, 15) is 35.9 Å². The molecule has 2 N–H and O–H groups in total. The van der Waals surface area contributed by atoms with Crippen LogP contribution < -0.4 is 15.8 Å². The molecule has 1 fully saturated rings. The number of carbonyl (C=O) groups is 1. The summed E-state index contributed by atoms with van der Waals surface area (Å²) in [4.78, 5) is 39.9. The molecule has 1 saturated heterocycles. The first-order valence-corrected chi connectivity index (χ1v) is 10.9. The Balaban J connectivity index is 1.44. The van der Waals surface area contributed by atoms with Crippen molar-refractivity contribution in [3.63, 3.8) is 0 Å². The number of likely N-dealkylation sites (N-methyl/N-ethyl adjacent to an activating group) is 1. The lowest BCUT2D eigenvalue weighted by Gasteiger charge is -2.34. The number of anilines is 2. The van der Waals surface area contributed by atoms with Crippen LogP contribution in [-0.2, 0) is 22.0 Å². The van der Waals surface area contributed by atoms with Crippen LogP contribution in [0.1, 0.15) is 18.1 Å². The van der Waals surface area contributed by atoms with Crippen molar-refractivity contribution in [3.05, 3.63) is 40.1 Å². The van der Waals surface area contributed by atoms with E-state index in [4.69, 9.17) is 4.84 Å². The third kappa shape index (κ3) is 7.51. The number of H-pyrrole nitrogens is 1. The van der Waals surface area contributed by atoms with Gasteiger partial charge in [0.05, 0.1) is 30.6 Å². The lowest BCUT2D eigenvalue weighted by Crippen LogP contribution is -2.52. The van der Waals surface area contributed by atoms with Crippen LogP contribution in [-0.4, -0.2) is 88.5 Å². The lowest BCUT2D eigenvalue weighted by atomic mass is 10.2. The number of aromatic nitrogens is 4. The van der Waals surface area contributed by atoms with E-state index in [1.165, 1.54) is 14.9 Å². The maximum atomic E-state index is 13.2. The van der Waals surface area contributed by atoms with E-state index in [1.807, 2.05) is 0 Å². The van der Waals surface area contributed by atoms with Gasteiger partial charge in [-0.15, -0.1) is 0 Å². The van der Waals surface area contributed by atoms with E-state index in [-0.39, 0.29) is 44.6 Å². The molecule has 0 aromatic carbocycles. The summed E-state index contributed by atoms with van der Waals surface area (Å²) < 4.78 is 77.5. The van der Waals surface area contributed by atoms with Gasteiger partial charge in [0, 0.05) is 51.7 Å². The molecule has 0 bridgehead atoms. The largest absolute Gasteiger partial charge is 0.423 e. The molecule has 2 aromatic heterocycles. The minimum Gasteiger partial charge on any atom is -0.379 e. The van der Waals surface area contributed by atoms with Gasteiger partial charge in [0.2, 0.25) is 11.9 Å². The van der Waals surface area contributed by atoms with Gasteiger partial charge in [0.25, 0.3) is 5.56 Å². The van der Waals surface area contributed by atoms with Gasteiger partial charge in [-0.2, -0.15) is 36.5 Å². The number of hydrogen-bond acceptors (Lipinski definition) is 9. The number of piperazine rings is 1. The number of hydrogen-bond donors (Lipinski definition) is 2. The van der Waals surface area contributed by atoms with E-state index < -0.39 is 40.8 Å². The van der Waals surface area contributed by atoms with Crippen LogP contribution in [0, 0.1) is 0 Å². The van der Waals surface area contributed by atoms with Gasteiger partial charge in [0.1, 0.15) is 5.56 Å². The molecule has 37 heavy (non-hydrogen) atoms. The van der Waals surface area contributed by atoms with Crippen LogP contribution in [0.25, 0.3) is 0 Å². The van der Waals surface area contributed by atoms with E-state index >= 15 is 0 Å². The number of nitrogens with zero attached hydrogens (tertiary/aromatic N) is 6. The van der Waals surface area contributed by atoms with Crippen molar-refractivity contribution in [2.75, 3.05) is 56.6 Å². The number of nitrogens with one attached hydrogen (secondary N) is 2. The van der Waals surface area contributed by atoms with Gasteiger partial charge >= 0.3 is 12.4 Å². The van der Waals surface area contributed by atoms with Crippen molar-refractivity contribution >= 4 is 17.5 Å². The van der Waals surface area contributed by atoms with Crippen LogP contribution in [0.4, 0.5) is 38.0 Å². The smallest absolute Gasteiger partial charge is 0.379 e. The Kier molecular flexibility index (Phi) is 8.57. The first kappa shape index (κ1) is 28.1. The van der Waals surface area contributed by atoms with Crippen molar-refractivity contribution in [2.24, 2.45) is 0 Å². The SMILES string of the molecule is C[C@@H](CN(C)OCCN1CCN(c2ncc(C(F)(F)F)cn2)CC1=O)Nc1cn[nH]c(=O)c1C(F)(F)F. The quantitative estimate of drug-likeness (QED) is 0.363. The Morgan fingerprint density at radius 2 is 1.78 bits per heavy atom. The molecule has 0 radical (unpaired) electrons. The number of amides is 1. The molecule has 3 heterocycles. The predicted octanol–water partition coefficient (Wildman–Crippen LogP) is 1.61. The second-order valence-corrected chi connectivity index (χ2v) is 8.25. The molecule has 17 heteroatoms. The summed E-state index contributed by atoms with van der Waals surface area (Å²) in [5, 5.41) is 9.13. The van der Waals surface area contributed by atoms with Crippen molar-refractivity contribution in [2.45, 2.75) is 25.3 Å². The Hall–Kier alpha value is -3.47. The number of halogens is 6. The third-order valence-electron chi connectivity index (χ3n) is 5.31. The van der Waals surface area contributed by atoms with Crippen LogP contribution >= 0.6 is 0 Å². The first-order valence-electron chi connectivity index (χ1n) is 10.9. The number of rotatable bonds is 9. The molecule has 0 saturated carbocycles. The minimum atomic E-state index is -4.86. The molecule has 1 aliphatic rings. The van der Waals surface area contributed by atoms with Gasteiger partial charge in [-0.05, 0) is 6.92 Å². The fraction of sp³-hybridized carbons (Fsp3) is 0.550. The summed E-state index contributed by atoms with van der Waals surface area (Å²) in [5.74, 6) is -0.278. The molecular formula is C20H24F6N8O3. The van der Waals surface area contributed by atoms with Gasteiger partial charge in [0.15, 0.2) is 0 Å². The summed E-state index contributed by atoms with van der Waals surface area (Å²) in [6.07, 6.45) is -7.22. The number of carbonyl (C=O) groups excluding carboxylic acids is 1. The molecule has 3 rings (SSSR count). The third-order valence-corrected chi connectivity index (χ3v) is 5.31. The molecule has 11 nitrogen and oxygen atoms in total. The van der Waals surface area contributed by atoms with Crippen molar-refractivity contribution in [1.82, 2.24) is 30.1 Å². The van der Waals surface area contributed by atoms with Crippen LogP contribution in [0.15, 0.2) is 23.4 Å². The summed E-state index contributed by atoms with van der Waals surface area (Å²) in [7, 11) is 1.56. The molecule has 2 aromatic rings. The fourth-order valence-electron chi connectivity index (χ4n) is 3.59. The highest BCUT2D eigenvalue weighted by Gasteiger charge is 2.37. The zero-order valence-corrected chi connectivity index (χ0v) is 19.7. The molecular weight excluding hydrogens is 514 g/mol. The maximum Gasteiger partial charge on any atom is 0.423 e. The monoisotopic (exact) mass is 538 g/mol. The molecule has 1 atom stereocenters. The second kappa shape index (κ2) is 11.3. The molecule has 0 aliphatic carbocycles. The Morgan fingerprint density at radius 3 is 2.38 bits per heavy atom.